The molecule has 2 aliphatic rings. The second-order valence-electron chi connectivity index (χ2n) is 7.87. The van der Waals surface area contributed by atoms with Gasteiger partial charge in [0.15, 0.2) is 0 Å². The third-order valence-corrected chi connectivity index (χ3v) is 4.74. The fraction of sp³-hybridized carbons (Fsp3) is 0.579. The average Bonchev–Trinajstić information content (AvgIpc) is 2.95. The second kappa shape index (κ2) is 6.89. The van der Waals surface area contributed by atoms with Crippen molar-refractivity contribution < 1.29 is 24.2 Å². The summed E-state index contributed by atoms with van der Waals surface area (Å²) in [6.45, 7) is 8.45. The highest BCUT2D eigenvalue weighted by Crippen LogP contribution is 2.31. The molecule has 0 aromatic heterocycles. The summed E-state index contributed by atoms with van der Waals surface area (Å²) in [7, 11) is 0. The molecule has 142 valence electrons. The summed E-state index contributed by atoms with van der Waals surface area (Å²) in [6, 6.07) is 3.27. The Kier molecular flexibility index (Phi) is 4.94. The van der Waals surface area contributed by atoms with Crippen molar-refractivity contribution in [1.29, 1.82) is 0 Å². The highest BCUT2D eigenvalue weighted by atomic mass is 16.6. The monoisotopic (exact) mass is 362 g/mol. The molecule has 0 saturated carbocycles. The minimum Gasteiger partial charge on any atom is -0.457 e. The number of carbonyl (C=O) groups excluding carboxylic acids is 2. The first-order valence-corrected chi connectivity index (χ1v) is 8.84. The van der Waals surface area contributed by atoms with Crippen LogP contribution in [0.1, 0.15) is 53.9 Å². The van der Waals surface area contributed by atoms with E-state index in [1.165, 1.54) is 0 Å². The van der Waals surface area contributed by atoms with Crippen LogP contribution in [0.4, 0.5) is 4.79 Å². The van der Waals surface area contributed by atoms with Gasteiger partial charge in [-0.15, -0.1) is 0 Å². The van der Waals surface area contributed by atoms with Gasteiger partial charge in [0.25, 0.3) is 0 Å². The van der Waals surface area contributed by atoms with Crippen molar-refractivity contribution in [3.63, 3.8) is 0 Å². The van der Waals surface area contributed by atoms with Gasteiger partial charge in [0.1, 0.15) is 12.2 Å². The number of ether oxygens (including phenoxy) is 2. The third-order valence-electron chi connectivity index (χ3n) is 4.74. The molecular formula is C19H26N2O5. The van der Waals surface area contributed by atoms with Gasteiger partial charge in [0.2, 0.25) is 0 Å². The lowest BCUT2D eigenvalue weighted by Crippen LogP contribution is -2.56. The smallest absolute Gasteiger partial charge is 0.410 e. The van der Waals surface area contributed by atoms with Gasteiger partial charge in [-0.25, -0.2) is 9.59 Å². The maximum absolute atomic E-state index is 12.5. The van der Waals surface area contributed by atoms with E-state index >= 15 is 0 Å². The predicted octanol–water partition coefficient (Wildman–Crippen LogP) is 1.91. The summed E-state index contributed by atoms with van der Waals surface area (Å²) in [4.78, 5) is 25.9. The van der Waals surface area contributed by atoms with Crippen LogP contribution in [0, 0.1) is 6.92 Å². The van der Waals surface area contributed by atoms with Gasteiger partial charge in [-0.2, -0.15) is 0 Å². The molecule has 0 spiro atoms. The zero-order valence-electron chi connectivity index (χ0n) is 15.7. The third kappa shape index (κ3) is 3.68. The summed E-state index contributed by atoms with van der Waals surface area (Å²) in [6.07, 6.45) is -0.389. The van der Waals surface area contributed by atoms with Crippen molar-refractivity contribution in [2.45, 2.75) is 52.0 Å². The number of carbonyl (C=O) groups is 2. The quantitative estimate of drug-likeness (QED) is 0.782. The number of aliphatic hydroxyl groups is 1. The SMILES string of the molecule is Cc1c(C2CN(C(=O)OC(C)(C)C)CC(CO)N2)ccc2c1COC2=O. The number of hydrogen-bond acceptors (Lipinski definition) is 6. The Morgan fingerprint density at radius 3 is 2.77 bits per heavy atom. The number of nitrogens with zero attached hydrogens (tertiary/aromatic N) is 1. The summed E-state index contributed by atoms with van der Waals surface area (Å²) >= 11 is 0. The van der Waals surface area contributed by atoms with Crippen molar-refractivity contribution in [2.24, 2.45) is 0 Å². The van der Waals surface area contributed by atoms with Crippen LogP contribution >= 0.6 is 0 Å². The van der Waals surface area contributed by atoms with Crippen molar-refractivity contribution in [2.75, 3.05) is 19.7 Å². The average molecular weight is 362 g/mol. The summed E-state index contributed by atoms with van der Waals surface area (Å²) in [5.41, 5.74) is 2.89. The Morgan fingerprint density at radius 1 is 1.38 bits per heavy atom. The molecule has 2 atom stereocenters. The number of hydrogen-bond donors (Lipinski definition) is 2. The van der Waals surface area contributed by atoms with E-state index in [2.05, 4.69) is 5.32 Å². The molecule has 1 aromatic carbocycles. The Bertz CT molecular complexity index is 725. The highest BCUT2D eigenvalue weighted by Gasteiger charge is 2.34. The van der Waals surface area contributed by atoms with E-state index in [0.29, 0.717) is 18.7 Å². The molecule has 0 radical (unpaired) electrons. The molecule has 7 heteroatoms. The van der Waals surface area contributed by atoms with Crippen LogP contribution in [0.2, 0.25) is 0 Å². The molecular weight excluding hydrogens is 336 g/mol. The lowest BCUT2D eigenvalue weighted by Gasteiger charge is -2.39. The Labute approximate surface area is 153 Å². The fourth-order valence-electron chi connectivity index (χ4n) is 3.47. The number of piperazine rings is 1. The van der Waals surface area contributed by atoms with Crippen molar-refractivity contribution >= 4 is 12.1 Å². The largest absolute Gasteiger partial charge is 0.457 e. The van der Waals surface area contributed by atoms with E-state index in [9.17, 15) is 14.7 Å². The Hall–Kier alpha value is -2.12. The summed E-state index contributed by atoms with van der Waals surface area (Å²) < 4.78 is 10.6. The minimum atomic E-state index is -0.576. The molecule has 2 N–H and O–H groups in total. The molecule has 3 rings (SSSR count). The van der Waals surface area contributed by atoms with E-state index < -0.39 is 5.60 Å². The number of amides is 1. The maximum atomic E-state index is 12.5. The summed E-state index contributed by atoms with van der Waals surface area (Å²) in [5.74, 6) is -0.296. The van der Waals surface area contributed by atoms with Gasteiger partial charge in [-0.1, -0.05) is 6.07 Å². The lowest BCUT2D eigenvalue weighted by molar-refractivity contribution is 0.0122. The van der Waals surface area contributed by atoms with Gasteiger partial charge < -0.3 is 24.8 Å². The fourth-order valence-corrected chi connectivity index (χ4v) is 3.47. The zero-order chi connectivity index (χ0) is 19.1. The topological polar surface area (TPSA) is 88.1 Å². The number of rotatable bonds is 2. The molecule has 1 saturated heterocycles. The Balaban J connectivity index is 1.85. The molecule has 1 aromatic rings. The van der Waals surface area contributed by atoms with Gasteiger partial charge in [0, 0.05) is 24.7 Å². The minimum absolute atomic E-state index is 0.0820. The van der Waals surface area contributed by atoms with Crippen LogP contribution in [0.25, 0.3) is 0 Å². The van der Waals surface area contributed by atoms with E-state index in [0.717, 1.165) is 16.7 Å². The van der Waals surface area contributed by atoms with E-state index in [1.54, 1.807) is 11.0 Å². The number of benzene rings is 1. The van der Waals surface area contributed by atoms with Gasteiger partial charge in [0.05, 0.1) is 18.2 Å². The predicted molar refractivity (Wildman–Crippen MR) is 94.9 cm³/mol. The van der Waals surface area contributed by atoms with Crippen molar-refractivity contribution in [3.05, 3.63) is 34.4 Å². The molecule has 0 aliphatic carbocycles. The normalized spacial score (nSPS) is 22.8. The molecule has 1 amide bonds. The van der Waals surface area contributed by atoms with Crippen LogP contribution in [0.15, 0.2) is 12.1 Å². The van der Waals surface area contributed by atoms with Crippen molar-refractivity contribution in [1.82, 2.24) is 10.2 Å². The van der Waals surface area contributed by atoms with E-state index in [4.69, 9.17) is 9.47 Å². The molecule has 2 unspecified atom stereocenters. The highest BCUT2D eigenvalue weighted by molar-refractivity contribution is 5.94. The van der Waals surface area contributed by atoms with Crippen LogP contribution in [-0.2, 0) is 16.1 Å². The molecule has 1 fully saturated rings. The number of nitrogens with one attached hydrogen (secondary N) is 1. The lowest BCUT2D eigenvalue weighted by atomic mass is 9.92. The number of aliphatic hydroxyl groups excluding tert-OH is 1. The van der Waals surface area contributed by atoms with Crippen LogP contribution < -0.4 is 5.32 Å². The van der Waals surface area contributed by atoms with Crippen molar-refractivity contribution in [3.8, 4) is 0 Å². The van der Waals surface area contributed by atoms with Gasteiger partial charge >= 0.3 is 12.1 Å². The molecule has 26 heavy (non-hydrogen) atoms. The standard InChI is InChI=1S/C19H26N2O5/c1-11-13(5-6-14-15(11)10-25-17(14)23)16-8-21(7-12(9-22)20-16)18(24)26-19(2,3)4/h5-6,12,16,20,22H,7-10H2,1-4H3. The second-order valence-corrected chi connectivity index (χ2v) is 7.87. The van der Waals surface area contributed by atoms with Gasteiger partial charge in [-0.3, -0.25) is 0 Å². The summed E-state index contributed by atoms with van der Waals surface area (Å²) in [5, 5.41) is 13.0. The number of esters is 1. The zero-order valence-corrected chi connectivity index (χ0v) is 15.7. The van der Waals surface area contributed by atoms with Gasteiger partial charge in [-0.05, 0) is 44.9 Å². The first-order valence-electron chi connectivity index (χ1n) is 8.84. The van der Waals surface area contributed by atoms with Crippen LogP contribution in [-0.4, -0.2) is 53.4 Å². The number of fused-ring (bicyclic) bond motifs is 1. The molecule has 2 heterocycles. The Morgan fingerprint density at radius 2 is 2.12 bits per heavy atom. The molecule has 7 nitrogen and oxygen atoms in total. The van der Waals surface area contributed by atoms with E-state index in [1.807, 2.05) is 33.8 Å². The molecule has 0 bridgehead atoms. The van der Waals surface area contributed by atoms with Crippen LogP contribution in [0.3, 0.4) is 0 Å². The maximum Gasteiger partial charge on any atom is 0.410 e. The van der Waals surface area contributed by atoms with Crippen LogP contribution in [0.5, 0.6) is 0 Å². The first-order chi connectivity index (χ1) is 12.2. The number of cyclic esters (lactones) is 1. The molecule has 2 aliphatic heterocycles. The van der Waals surface area contributed by atoms with E-state index in [-0.39, 0.29) is 37.4 Å². The first kappa shape index (κ1) is 18.7.